The summed E-state index contributed by atoms with van der Waals surface area (Å²) in [6, 6.07) is 8.60. The number of nitrogens with one attached hydrogen (secondary N) is 2. The Morgan fingerprint density at radius 2 is 1.77 bits per heavy atom. The zero-order chi connectivity index (χ0) is 22.6. The van der Waals surface area contributed by atoms with Gasteiger partial charge in [-0.3, -0.25) is 14.9 Å². The van der Waals surface area contributed by atoms with Gasteiger partial charge in [0.2, 0.25) is 5.91 Å². The molecule has 1 atom stereocenters. The van der Waals surface area contributed by atoms with Gasteiger partial charge < -0.3 is 15.5 Å². The van der Waals surface area contributed by atoms with Gasteiger partial charge in [0.25, 0.3) is 5.69 Å². The van der Waals surface area contributed by atoms with Crippen molar-refractivity contribution in [1.82, 2.24) is 0 Å². The van der Waals surface area contributed by atoms with Crippen molar-refractivity contribution in [3.63, 3.8) is 0 Å². The topological polar surface area (TPSA) is 87.5 Å². The van der Waals surface area contributed by atoms with E-state index in [1.165, 1.54) is 6.92 Å². The summed E-state index contributed by atoms with van der Waals surface area (Å²) in [5.41, 5.74) is -0.529. The Kier molecular flexibility index (Phi) is 6.67. The lowest BCUT2D eigenvalue weighted by Crippen LogP contribution is -2.34. The number of nitro groups is 1. The summed E-state index contributed by atoms with van der Waals surface area (Å²) >= 11 is 0. The molecule has 1 aliphatic heterocycles. The molecule has 31 heavy (non-hydrogen) atoms. The fraction of sp³-hybridized carbons (Fsp3) is 0.381. The summed E-state index contributed by atoms with van der Waals surface area (Å²) in [6.45, 7) is 3.26. The largest absolute Gasteiger partial charge is 0.416 e. The number of benzene rings is 2. The average Bonchev–Trinajstić information content (AvgIpc) is 2.74. The summed E-state index contributed by atoms with van der Waals surface area (Å²) in [6.07, 6.45) is -1.40. The van der Waals surface area contributed by atoms with Crippen molar-refractivity contribution < 1.29 is 22.9 Å². The van der Waals surface area contributed by atoms with Crippen molar-refractivity contribution >= 4 is 28.7 Å². The van der Waals surface area contributed by atoms with E-state index in [9.17, 15) is 28.1 Å². The minimum Gasteiger partial charge on any atom is -0.370 e. The number of amides is 1. The third kappa shape index (κ3) is 5.44. The first kappa shape index (κ1) is 22.4. The van der Waals surface area contributed by atoms with Crippen LogP contribution in [0.1, 0.15) is 31.7 Å². The van der Waals surface area contributed by atoms with Crippen molar-refractivity contribution in [2.75, 3.05) is 28.6 Å². The van der Waals surface area contributed by atoms with Gasteiger partial charge in [0.15, 0.2) is 0 Å². The van der Waals surface area contributed by atoms with Crippen molar-refractivity contribution in [3.8, 4) is 0 Å². The number of carbonyl (C=O) groups excluding carboxylic acids is 1. The predicted octanol–water partition coefficient (Wildman–Crippen LogP) is 5.04. The third-order valence-corrected chi connectivity index (χ3v) is 5.15. The Bertz CT molecular complexity index is 959. The molecule has 1 amide bonds. The first-order valence-corrected chi connectivity index (χ1v) is 9.94. The fourth-order valence-corrected chi connectivity index (χ4v) is 3.51. The lowest BCUT2D eigenvalue weighted by atomic mass is 10.1. The molecule has 2 aromatic carbocycles. The number of anilines is 3. The highest BCUT2D eigenvalue weighted by molar-refractivity contribution is 5.99. The molecule has 0 bridgehead atoms. The molecule has 1 unspecified atom stereocenters. The maximum Gasteiger partial charge on any atom is 0.416 e. The molecule has 166 valence electrons. The molecule has 1 heterocycles. The average molecular weight is 436 g/mol. The van der Waals surface area contributed by atoms with Crippen LogP contribution in [0.3, 0.4) is 0 Å². The van der Waals surface area contributed by atoms with Crippen LogP contribution in [-0.2, 0) is 11.0 Å². The summed E-state index contributed by atoms with van der Waals surface area (Å²) in [4.78, 5) is 25.3. The predicted molar refractivity (Wildman–Crippen MR) is 112 cm³/mol. The lowest BCUT2D eigenvalue weighted by molar-refractivity contribution is -0.384. The lowest BCUT2D eigenvalue weighted by Gasteiger charge is -2.30. The van der Waals surface area contributed by atoms with Gasteiger partial charge in [0.1, 0.15) is 11.7 Å². The van der Waals surface area contributed by atoms with Gasteiger partial charge in [-0.25, -0.2) is 0 Å². The van der Waals surface area contributed by atoms with E-state index in [1.807, 2.05) is 12.1 Å². The monoisotopic (exact) mass is 436 g/mol. The van der Waals surface area contributed by atoms with Gasteiger partial charge in [0, 0.05) is 19.2 Å². The van der Waals surface area contributed by atoms with Crippen molar-refractivity contribution in [2.45, 2.75) is 38.4 Å². The molecule has 0 spiro atoms. The maximum atomic E-state index is 12.9. The highest BCUT2D eigenvalue weighted by Gasteiger charge is 2.33. The van der Waals surface area contributed by atoms with Crippen LogP contribution in [0.5, 0.6) is 0 Å². The summed E-state index contributed by atoms with van der Waals surface area (Å²) in [7, 11) is 0. The number of carbonyl (C=O) groups is 1. The molecule has 1 fully saturated rings. The zero-order valence-corrected chi connectivity index (χ0v) is 16.9. The van der Waals surface area contributed by atoms with Gasteiger partial charge in [-0.1, -0.05) is 12.1 Å². The normalized spacial score (nSPS) is 15.3. The molecule has 10 heteroatoms. The van der Waals surface area contributed by atoms with Crippen molar-refractivity contribution in [1.29, 1.82) is 0 Å². The zero-order valence-electron chi connectivity index (χ0n) is 16.9. The Morgan fingerprint density at radius 3 is 2.42 bits per heavy atom. The van der Waals surface area contributed by atoms with Crippen LogP contribution in [0, 0.1) is 10.1 Å². The summed E-state index contributed by atoms with van der Waals surface area (Å²) < 4.78 is 38.6. The van der Waals surface area contributed by atoms with Crippen LogP contribution in [0.25, 0.3) is 0 Å². The first-order valence-electron chi connectivity index (χ1n) is 9.94. The van der Waals surface area contributed by atoms with Crippen LogP contribution in [0.4, 0.5) is 35.9 Å². The van der Waals surface area contributed by atoms with Crippen molar-refractivity contribution in [2.24, 2.45) is 0 Å². The second kappa shape index (κ2) is 9.23. The smallest absolute Gasteiger partial charge is 0.370 e. The van der Waals surface area contributed by atoms with Gasteiger partial charge in [-0.05, 0) is 50.5 Å². The number of nitrogens with zero attached hydrogens (tertiary/aromatic N) is 2. The number of para-hydroxylation sites is 2. The highest BCUT2D eigenvalue weighted by atomic mass is 19.4. The van der Waals surface area contributed by atoms with E-state index in [2.05, 4.69) is 15.5 Å². The van der Waals surface area contributed by atoms with E-state index in [0.29, 0.717) is 11.8 Å². The standard InChI is InChI=1S/C21H23F3N4O3/c1-14(25-17-10-9-15(21(22,23)24)13-19(17)28(30)31)20(29)26-16-7-3-4-8-18(16)27-11-5-2-6-12-27/h3-4,7-10,13-14,25H,2,5-6,11-12H2,1H3,(H,26,29). The molecule has 0 radical (unpaired) electrons. The number of alkyl halides is 3. The molecule has 1 saturated heterocycles. The van der Waals surface area contributed by atoms with E-state index in [1.54, 1.807) is 12.1 Å². The number of nitro benzene ring substituents is 1. The highest BCUT2D eigenvalue weighted by Crippen LogP contribution is 2.35. The molecule has 0 aliphatic carbocycles. The number of piperidine rings is 1. The van der Waals surface area contributed by atoms with Crippen LogP contribution in [-0.4, -0.2) is 30.0 Å². The van der Waals surface area contributed by atoms with E-state index in [-0.39, 0.29) is 5.69 Å². The van der Waals surface area contributed by atoms with Gasteiger partial charge in [0.05, 0.1) is 21.9 Å². The Morgan fingerprint density at radius 1 is 1.10 bits per heavy atom. The van der Waals surface area contributed by atoms with Gasteiger partial charge >= 0.3 is 6.18 Å². The fourth-order valence-electron chi connectivity index (χ4n) is 3.51. The van der Waals surface area contributed by atoms with Crippen LogP contribution in [0.15, 0.2) is 42.5 Å². The Labute approximate surface area is 177 Å². The second-order valence-electron chi connectivity index (χ2n) is 7.41. The Balaban J connectivity index is 1.75. The number of rotatable bonds is 6. The molecular weight excluding hydrogens is 413 g/mol. The van der Waals surface area contributed by atoms with E-state index in [4.69, 9.17) is 0 Å². The molecule has 7 nitrogen and oxygen atoms in total. The number of hydrogen-bond acceptors (Lipinski definition) is 5. The maximum absolute atomic E-state index is 12.9. The van der Waals surface area contributed by atoms with E-state index >= 15 is 0 Å². The minimum absolute atomic E-state index is 0.162. The summed E-state index contributed by atoms with van der Waals surface area (Å²) in [5.74, 6) is -0.460. The van der Waals surface area contributed by atoms with Crippen LogP contribution in [0.2, 0.25) is 0 Å². The number of hydrogen-bond donors (Lipinski definition) is 2. The Hall–Kier alpha value is -3.30. The molecule has 1 aliphatic rings. The van der Waals surface area contributed by atoms with E-state index in [0.717, 1.165) is 50.2 Å². The van der Waals surface area contributed by atoms with Crippen LogP contribution < -0.4 is 15.5 Å². The molecule has 2 N–H and O–H groups in total. The van der Waals surface area contributed by atoms with E-state index < -0.39 is 34.3 Å². The molecular formula is C21H23F3N4O3. The molecule has 0 aromatic heterocycles. The molecule has 3 rings (SSSR count). The third-order valence-electron chi connectivity index (χ3n) is 5.15. The minimum atomic E-state index is -4.70. The second-order valence-corrected chi connectivity index (χ2v) is 7.41. The molecule has 2 aromatic rings. The van der Waals surface area contributed by atoms with Crippen LogP contribution >= 0.6 is 0 Å². The SMILES string of the molecule is CC(Nc1ccc(C(F)(F)F)cc1[N+](=O)[O-])C(=O)Nc1ccccc1N1CCCCC1. The van der Waals surface area contributed by atoms with Gasteiger partial charge in [-0.2, -0.15) is 13.2 Å². The van der Waals surface area contributed by atoms with Crippen molar-refractivity contribution in [3.05, 3.63) is 58.1 Å². The first-order chi connectivity index (χ1) is 14.7. The summed E-state index contributed by atoms with van der Waals surface area (Å²) in [5, 5.41) is 16.7. The molecule has 0 saturated carbocycles. The number of halogens is 3. The van der Waals surface area contributed by atoms with Gasteiger partial charge in [-0.15, -0.1) is 0 Å². The quantitative estimate of drug-likeness (QED) is 0.489.